The number of benzene rings is 1. The van der Waals surface area contributed by atoms with Gasteiger partial charge in [0.1, 0.15) is 11.0 Å². The third-order valence-corrected chi connectivity index (χ3v) is 5.93. The monoisotopic (exact) mass is 503 g/mol. The third kappa shape index (κ3) is 7.42. The maximum Gasteiger partial charge on any atom is 0.329 e. The van der Waals surface area contributed by atoms with Crippen LogP contribution in [0.5, 0.6) is 0 Å². The standard InChI is InChI=1S/C19H19Cl2N3O5S2/c1-30-6-5-14(23-17(27)11-3-2-10(20)8-13(11)21)19(28)29-9-15(25)24-18-12(16(22)26)4-7-31-18/h2-4,7-8,14H,5-6,9H2,1H3,(H2,22,26)(H,23,27)(H,24,25)/t14-/m0/s1. The number of hydrogen-bond acceptors (Lipinski definition) is 7. The molecular formula is C19H19Cl2N3O5S2. The Labute approximate surface area is 196 Å². The van der Waals surface area contributed by atoms with E-state index in [1.165, 1.54) is 36.0 Å². The highest BCUT2D eigenvalue weighted by Gasteiger charge is 2.24. The number of carbonyl (C=O) groups is 4. The summed E-state index contributed by atoms with van der Waals surface area (Å²) in [4.78, 5) is 48.4. The Bertz CT molecular complexity index is 983. The molecule has 0 saturated heterocycles. The zero-order chi connectivity index (χ0) is 23.0. The van der Waals surface area contributed by atoms with Gasteiger partial charge in [-0.05, 0) is 48.1 Å². The lowest BCUT2D eigenvalue weighted by atomic mass is 10.1. The molecule has 0 saturated carbocycles. The van der Waals surface area contributed by atoms with Crippen molar-refractivity contribution in [1.82, 2.24) is 5.32 Å². The molecule has 0 bridgehead atoms. The second-order valence-corrected chi connectivity index (χ2v) is 8.86. The van der Waals surface area contributed by atoms with E-state index in [2.05, 4.69) is 10.6 Å². The zero-order valence-electron chi connectivity index (χ0n) is 16.3. The first-order valence-electron chi connectivity index (χ1n) is 8.81. The average molecular weight is 504 g/mol. The molecule has 12 heteroatoms. The van der Waals surface area contributed by atoms with Crippen molar-refractivity contribution in [3.8, 4) is 0 Å². The van der Waals surface area contributed by atoms with Crippen LogP contribution < -0.4 is 16.4 Å². The summed E-state index contributed by atoms with van der Waals surface area (Å²) in [5.41, 5.74) is 5.55. The minimum atomic E-state index is -0.984. The first-order valence-corrected chi connectivity index (χ1v) is 11.8. The van der Waals surface area contributed by atoms with E-state index in [9.17, 15) is 19.2 Å². The van der Waals surface area contributed by atoms with Crippen LogP contribution in [0.25, 0.3) is 0 Å². The highest BCUT2D eigenvalue weighted by atomic mass is 35.5. The summed E-state index contributed by atoms with van der Waals surface area (Å²) in [6.45, 7) is -0.595. The number of nitrogens with one attached hydrogen (secondary N) is 2. The van der Waals surface area contributed by atoms with Crippen molar-refractivity contribution < 1.29 is 23.9 Å². The molecule has 2 aromatic rings. The number of carbonyl (C=O) groups excluding carboxylic acids is 4. The smallest absolute Gasteiger partial charge is 0.329 e. The van der Waals surface area contributed by atoms with E-state index in [0.717, 1.165) is 11.3 Å². The normalized spacial score (nSPS) is 11.5. The fraction of sp³-hybridized carbons (Fsp3) is 0.263. The number of anilines is 1. The second kappa shape index (κ2) is 11.9. The van der Waals surface area contributed by atoms with E-state index >= 15 is 0 Å². The van der Waals surface area contributed by atoms with Crippen LogP contribution in [0.15, 0.2) is 29.6 Å². The van der Waals surface area contributed by atoms with Crippen molar-refractivity contribution in [2.75, 3.05) is 23.9 Å². The van der Waals surface area contributed by atoms with Crippen LogP contribution in [0.2, 0.25) is 10.0 Å². The van der Waals surface area contributed by atoms with Gasteiger partial charge in [0.25, 0.3) is 17.7 Å². The summed E-state index contributed by atoms with van der Waals surface area (Å²) in [5, 5.41) is 7.41. The van der Waals surface area contributed by atoms with Gasteiger partial charge >= 0.3 is 5.97 Å². The van der Waals surface area contributed by atoms with Gasteiger partial charge in [-0.3, -0.25) is 14.4 Å². The number of thioether (sulfide) groups is 1. The topological polar surface area (TPSA) is 128 Å². The summed E-state index contributed by atoms with van der Waals surface area (Å²) < 4.78 is 5.06. The van der Waals surface area contributed by atoms with Crippen molar-refractivity contribution in [3.05, 3.63) is 50.8 Å². The summed E-state index contributed by atoms with van der Waals surface area (Å²) in [5.74, 6) is -2.11. The average Bonchev–Trinajstić information content (AvgIpc) is 3.17. The van der Waals surface area contributed by atoms with E-state index in [1.807, 2.05) is 6.26 Å². The van der Waals surface area contributed by atoms with Crippen LogP contribution in [0.1, 0.15) is 27.1 Å². The highest BCUT2D eigenvalue weighted by Crippen LogP contribution is 2.23. The summed E-state index contributed by atoms with van der Waals surface area (Å²) in [6.07, 6.45) is 2.14. The molecule has 0 unspecified atom stereocenters. The Morgan fingerprint density at radius 1 is 1.19 bits per heavy atom. The number of thiophene rings is 1. The number of hydrogen-bond donors (Lipinski definition) is 3. The van der Waals surface area contributed by atoms with Gasteiger partial charge in [0.05, 0.1) is 16.1 Å². The largest absolute Gasteiger partial charge is 0.454 e. The van der Waals surface area contributed by atoms with Gasteiger partial charge < -0.3 is 21.1 Å². The maximum atomic E-state index is 12.5. The molecule has 0 aliphatic heterocycles. The zero-order valence-corrected chi connectivity index (χ0v) is 19.4. The van der Waals surface area contributed by atoms with Crippen molar-refractivity contribution in [2.45, 2.75) is 12.5 Å². The van der Waals surface area contributed by atoms with Gasteiger partial charge in [-0.15, -0.1) is 11.3 Å². The Morgan fingerprint density at radius 3 is 2.58 bits per heavy atom. The summed E-state index contributed by atoms with van der Waals surface area (Å²) in [7, 11) is 0. The van der Waals surface area contributed by atoms with E-state index in [1.54, 1.807) is 5.38 Å². The van der Waals surface area contributed by atoms with Crippen LogP contribution in [0, 0.1) is 0 Å². The molecule has 3 amide bonds. The Kier molecular flexibility index (Phi) is 9.63. The number of amides is 3. The molecule has 1 aromatic heterocycles. The predicted octanol–water partition coefficient (Wildman–Crippen LogP) is 3.19. The summed E-state index contributed by atoms with van der Waals surface area (Å²) >= 11 is 14.5. The Balaban J connectivity index is 1.98. The Hall–Kier alpha value is -2.27. The van der Waals surface area contributed by atoms with Crippen molar-refractivity contribution in [2.24, 2.45) is 5.73 Å². The molecule has 1 aromatic carbocycles. The van der Waals surface area contributed by atoms with Crippen molar-refractivity contribution >= 4 is 75.0 Å². The lowest BCUT2D eigenvalue weighted by molar-refractivity contribution is -0.149. The molecule has 4 N–H and O–H groups in total. The number of nitrogens with two attached hydrogens (primary N) is 1. The molecule has 0 fully saturated rings. The number of ether oxygens (including phenoxy) is 1. The molecule has 0 radical (unpaired) electrons. The number of halogens is 2. The lowest BCUT2D eigenvalue weighted by Gasteiger charge is -2.18. The second-order valence-electron chi connectivity index (χ2n) is 6.12. The molecule has 1 heterocycles. The van der Waals surface area contributed by atoms with Crippen LogP contribution in [-0.4, -0.2) is 48.3 Å². The summed E-state index contributed by atoms with van der Waals surface area (Å²) in [6, 6.07) is 4.86. The molecule has 2 rings (SSSR count). The third-order valence-electron chi connectivity index (χ3n) is 3.91. The molecule has 1 atom stereocenters. The van der Waals surface area contributed by atoms with Gasteiger partial charge in [-0.25, -0.2) is 4.79 Å². The fourth-order valence-electron chi connectivity index (χ4n) is 2.39. The minimum absolute atomic E-state index is 0.141. The number of primary amides is 1. The van der Waals surface area contributed by atoms with Crippen molar-refractivity contribution in [3.63, 3.8) is 0 Å². The van der Waals surface area contributed by atoms with Gasteiger partial charge in [0.2, 0.25) is 0 Å². The van der Waals surface area contributed by atoms with Gasteiger partial charge in [0, 0.05) is 5.02 Å². The van der Waals surface area contributed by atoms with E-state index in [0.29, 0.717) is 10.8 Å². The quantitative estimate of drug-likeness (QED) is 0.427. The highest BCUT2D eigenvalue weighted by molar-refractivity contribution is 7.98. The number of esters is 1. The van der Waals surface area contributed by atoms with Crippen molar-refractivity contribution in [1.29, 1.82) is 0 Å². The molecular weight excluding hydrogens is 485 g/mol. The van der Waals surface area contributed by atoms with Crippen LogP contribution in [-0.2, 0) is 14.3 Å². The minimum Gasteiger partial charge on any atom is -0.454 e. The van der Waals surface area contributed by atoms with Crippen LogP contribution in [0.4, 0.5) is 5.00 Å². The van der Waals surface area contributed by atoms with Gasteiger partial charge in [-0.2, -0.15) is 11.8 Å². The first-order chi connectivity index (χ1) is 14.7. The van der Waals surface area contributed by atoms with Crippen LogP contribution in [0.3, 0.4) is 0 Å². The maximum absolute atomic E-state index is 12.5. The molecule has 8 nitrogen and oxygen atoms in total. The molecule has 0 spiro atoms. The molecule has 0 aliphatic carbocycles. The van der Waals surface area contributed by atoms with E-state index < -0.39 is 36.3 Å². The van der Waals surface area contributed by atoms with Crippen LogP contribution >= 0.6 is 46.3 Å². The Morgan fingerprint density at radius 2 is 1.94 bits per heavy atom. The molecule has 31 heavy (non-hydrogen) atoms. The fourth-order valence-corrected chi connectivity index (χ4v) is 4.17. The lowest BCUT2D eigenvalue weighted by Crippen LogP contribution is -2.43. The van der Waals surface area contributed by atoms with Gasteiger partial charge in [0.15, 0.2) is 6.61 Å². The number of rotatable bonds is 10. The SMILES string of the molecule is CSCC[C@H](NC(=O)c1ccc(Cl)cc1Cl)C(=O)OCC(=O)Nc1sccc1C(N)=O. The molecule has 0 aliphatic rings. The first kappa shape index (κ1) is 25.0. The molecule has 166 valence electrons. The van der Waals surface area contributed by atoms with E-state index in [4.69, 9.17) is 33.7 Å². The predicted molar refractivity (Wildman–Crippen MR) is 123 cm³/mol. The van der Waals surface area contributed by atoms with Gasteiger partial charge in [-0.1, -0.05) is 23.2 Å². The van der Waals surface area contributed by atoms with E-state index in [-0.39, 0.29) is 27.6 Å².